The number of carbonyl (C=O) groups is 1. The molecule has 10 heteroatoms. The molecule has 2 heterocycles. The lowest BCUT2D eigenvalue weighted by molar-refractivity contribution is -0.137. The van der Waals surface area contributed by atoms with Crippen molar-refractivity contribution in [3.63, 3.8) is 0 Å². The number of nitrogens with one attached hydrogen (secondary N) is 1. The highest BCUT2D eigenvalue weighted by atomic mass is 35.5. The van der Waals surface area contributed by atoms with Crippen LogP contribution in [0.2, 0.25) is 5.02 Å². The van der Waals surface area contributed by atoms with Gasteiger partial charge in [-0.15, -0.1) is 0 Å². The number of amides is 1. The van der Waals surface area contributed by atoms with Gasteiger partial charge >= 0.3 is 6.18 Å². The van der Waals surface area contributed by atoms with Crippen LogP contribution in [-0.4, -0.2) is 34.0 Å². The van der Waals surface area contributed by atoms with Crippen molar-refractivity contribution in [3.05, 3.63) is 65.0 Å². The van der Waals surface area contributed by atoms with Crippen LogP contribution in [0.15, 0.2) is 53.1 Å². The fraction of sp³-hybridized carbons (Fsp3) is 0.318. The Hall–Kier alpha value is -2.91. The van der Waals surface area contributed by atoms with Crippen molar-refractivity contribution in [3.8, 4) is 11.4 Å². The molecule has 0 aliphatic carbocycles. The molecule has 1 atom stereocenters. The molecule has 1 aromatic heterocycles. The molecule has 32 heavy (non-hydrogen) atoms. The van der Waals surface area contributed by atoms with Gasteiger partial charge in [0.2, 0.25) is 17.6 Å². The Morgan fingerprint density at radius 2 is 2.03 bits per heavy atom. The molecule has 1 fully saturated rings. The monoisotopic (exact) mass is 464 g/mol. The van der Waals surface area contributed by atoms with Crippen LogP contribution in [0, 0.1) is 5.92 Å². The second kappa shape index (κ2) is 9.30. The highest BCUT2D eigenvalue weighted by Gasteiger charge is 2.34. The topological polar surface area (TPSA) is 71.3 Å². The number of carbonyl (C=O) groups excluding carboxylic acids is 1. The number of hydrogen-bond acceptors (Lipinski definition) is 5. The van der Waals surface area contributed by atoms with Gasteiger partial charge in [-0.3, -0.25) is 9.69 Å². The average molecular weight is 465 g/mol. The number of benzene rings is 2. The second-order valence-corrected chi connectivity index (χ2v) is 8.07. The molecule has 4 rings (SSSR count). The van der Waals surface area contributed by atoms with E-state index < -0.39 is 23.6 Å². The standard InChI is InChI=1S/C22H20ClF3N4O2/c23-16-7-3-5-14(11-16)20-28-19(32-29-20)13-30-10-4-6-15(12-30)21(31)27-18-9-2-1-8-17(18)22(24,25)26/h1-3,5,7-9,11,15H,4,6,10,12-13H2,(H,27,31). The van der Waals surface area contributed by atoms with Crippen molar-refractivity contribution in [2.45, 2.75) is 25.6 Å². The molecule has 3 aromatic rings. The third-order valence-corrected chi connectivity index (χ3v) is 5.51. The zero-order chi connectivity index (χ0) is 22.7. The van der Waals surface area contributed by atoms with Crippen molar-refractivity contribution in [2.24, 2.45) is 5.92 Å². The summed E-state index contributed by atoms with van der Waals surface area (Å²) in [7, 11) is 0. The highest BCUT2D eigenvalue weighted by Crippen LogP contribution is 2.35. The third-order valence-electron chi connectivity index (χ3n) is 5.28. The van der Waals surface area contributed by atoms with Crippen molar-refractivity contribution in [2.75, 3.05) is 18.4 Å². The van der Waals surface area contributed by atoms with E-state index in [1.165, 1.54) is 18.2 Å². The van der Waals surface area contributed by atoms with Crippen LogP contribution in [0.4, 0.5) is 18.9 Å². The van der Waals surface area contributed by atoms with E-state index in [1.807, 2.05) is 11.0 Å². The predicted octanol–water partition coefficient (Wildman–Crippen LogP) is 5.26. The van der Waals surface area contributed by atoms with Gasteiger partial charge in [0, 0.05) is 17.1 Å². The first-order chi connectivity index (χ1) is 15.3. The van der Waals surface area contributed by atoms with Crippen LogP contribution in [0.1, 0.15) is 24.3 Å². The molecule has 0 saturated carbocycles. The molecule has 1 amide bonds. The molecule has 0 radical (unpaired) electrons. The van der Waals surface area contributed by atoms with E-state index >= 15 is 0 Å². The smallest absolute Gasteiger partial charge is 0.338 e. The Bertz CT molecular complexity index is 1100. The Morgan fingerprint density at radius 3 is 2.81 bits per heavy atom. The van der Waals surface area contributed by atoms with Crippen LogP contribution in [0.5, 0.6) is 0 Å². The number of likely N-dealkylation sites (tertiary alicyclic amines) is 1. The first-order valence-corrected chi connectivity index (χ1v) is 10.5. The van der Waals surface area contributed by atoms with Crippen LogP contribution >= 0.6 is 11.6 Å². The zero-order valence-electron chi connectivity index (χ0n) is 16.9. The lowest BCUT2D eigenvalue weighted by Crippen LogP contribution is -2.40. The number of piperidine rings is 1. The fourth-order valence-electron chi connectivity index (χ4n) is 3.74. The zero-order valence-corrected chi connectivity index (χ0v) is 17.7. The van der Waals surface area contributed by atoms with E-state index in [0.717, 1.165) is 24.6 Å². The molecular formula is C22H20ClF3N4O2. The minimum Gasteiger partial charge on any atom is -0.338 e. The molecule has 6 nitrogen and oxygen atoms in total. The number of alkyl halides is 3. The molecule has 1 aliphatic heterocycles. The summed E-state index contributed by atoms with van der Waals surface area (Å²) in [5, 5.41) is 6.99. The van der Waals surface area contributed by atoms with Gasteiger partial charge in [0.1, 0.15) is 0 Å². The average Bonchev–Trinajstić information content (AvgIpc) is 3.22. The summed E-state index contributed by atoms with van der Waals surface area (Å²) in [6.45, 7) is 1.45. The van der Waals surface area contributed by atoms with E-state index in [1.54, 1.807) is 18.2 Å². The van der Waals surface area contributed by atoms with Crippen molar-refractivity contribution < 1.29 is 22.5 Å². The van der Waals surface area contributed by atoms with Gasteiger partial charge in [-0.2, -0.15) is 18.2 Å². The van der Waals surface area contributed by atoms with E-state index in [2.05, 4.69) is 15.5 Å². The Balaban J connectivity index is 1.40. The van der Waals surface area contributed by atoms with Crippen LogP contribution in [0.3, 0.4) is 0 Å². The Kier molecular flexibility index (Phi) is 6.48. The number of halogens is 4. The summed E-state index contributed by atoms with van der Waals surface area (Å²) >= 11 is 6.00. The molecule has 1 unspecified atom stereocenters. The van der Waals surface area contributed by atoms with Crippen molar-refractivity contribution in [1.29, 1.82) is 0 Å². The van der Waals surface area contributed by atoms with Crippen LogP contribution < -0.4 is 5.32 Å². The normalized spacial score (nSPS) is 17.3. The summed E-state index contributed by atoms with van der Waals surface area (Å²) < 4.78 is 44.9. The highest BCUT2D eigenvalue weighted by molar-refractivity contribution is 6.30. The molecule has 2 aromatic carbocycles. The second-order valence-electron chi connectivity index (χ2n) is 7.63. The quantitative estimate of drug-likeness (QED) is 0.557. The summed E-state index contributed by atoms with van der Waals surface area (Å²) in [6.07, 6.45) is -3.22. The van der Waals surface area contributed by atoms with Gasteiger partial charge in [-0.1, -0.05) is 41.0 Å². The number of anilines is 1. The number of para-hydroxylation sites is 1. The molecule has 1 saturated heterocycles. The van der Waals surface area contributed by atoms with E-state index in [-0.39, 0.29) is 5.69 Å². The van der Waals surface area contributed by atoms with E-state index in [9.17, 15) is 18.0 Å². The maximum atomic E-state index is 13.2. The molecule has 168 valence electrons. The maximum absolute atomic E-state index is 13.2. The van der Waals surface area contributed by atoms with Gasteiger partial charge in [-0.05, 0) is 43.7 Å². The molecule has 1 aliphatic rings. The number of hydrogen-bond donors (Lipinski definition) is 1. The van der Waals surface area contributed by atoms with Crippen molar-refractivity contribution in [1.82, 2.24) is 15.0 Å². The predicted molar refractivity (Wildman–Crippen MR) is 113 cm³/mol. The van der Waals surface area contributed by atoms with Gasteiger partial charge in [0.15, 0.2) is 0 Å². The SMILES string of the molecule is O=C(Nc1ccccc1C(F)(F)F)C1CCCN(Cc2nc(-c3cccc(Cl)c3)no2)C1. The Morgan fingerprint density at radius 1 is 1.22 bits per heavy atom. The Labute approximate surface area is 187 Å². The van der Waals surface area contributed by atoms with Crippen LogP contribution in [-0.2, 0) is 17.5 Å². The first kappa shape index (κ1) is 22.3. The van der Waals surface area contributed by atoms with Gasteiger partial charge in [-0.25, -0.2) is 0 Å². The minimum atomic E-state index is -4.54. The third kappa shape index (κ3) is 5.28. The number of aromatic nitrogens is 2. The largest absolute Gasteiger partial charge is 0.418 e. The minimum absolute atomic E-state index is 0.231. The molecule has 0 spiro atoms. The summed E-state index contributed by atoms with van der Waals surface area (Å²) in [4.78, 5) is 19.1. The van der Waals surface area contributed by atoms with Gasteiger partial charge in [0.25, 0.3) is 0 Å². The van der Waals surface area contributed by atoms with E-state index in [0.29, 0.717) is 36.2 Å². The first-order valence-electron chi connectivity index (χ1n) is 10.1. The van der Waals surface area contributed by atoms with Crippen molar-refractivity contribution >= 4 is 23.2 Å². The summed E-state index contributed by atoms with van der Waals surface area (Å²) in [5.41, 5.74) is -0.364. The molecule has 0 bridgehead atoms. The number of rotatable bonds is 5. The lowest BCUT2D eigenvalue weighted by atomic mass is 9.97. The summed E-state index contributed by atoms with van der Waals surface area (Å²) in [5.74, 6) is -0.0714. The van der Waals surface area contributed by atoms with Gasteiger partial charge in [0.05, 0.1) is 23.7 Å². The van der Waals surface area contributed by atoms with Gasteiger partial charge < -0.3 is 9.84 Å². The molecular weight excluding hydrogens is 445 g/mol. The summed E-state index contributed by atoms with van der Waals surface area (Å²) in [6, 6.07) is 12.1. The van der Waals surface area contributed by atoms with Crippen LogP contribution in [0.25, 0.3) is 11.4 Å². The maximum Gasteiger partial charge on any atom is 0.418 e. The molecule has 1 N–H and O–H groups in total. The van der Waals surface area contributed by atoms with E-state index in [4.69, 9.17) is 16.1 Å². The lowest BCUT2D eigenvalue weighted by Gasteiger charge is -2.31. The number of nitrogens with zero attached hydrogens (tertiary/aromatic N) is 3. The fourth-order valence-corrected chi connectivity index (χ4v) is 3.93.